The van der Waals surface area contributed by atoms with Gasteiger partial charge in [0.1, 0.15) is 0 Å². The van der Waals surface area contributed by atoms with Gasteiger partial charge in [-0.1, -0.05) is 35.6 Å². The summed E-state index contributed by atoms with van der Waals surface area (Å²) in [5.41, 5.74) is 10.2. The normalized spacial score (nSPS) is 11.0. The Balaban J connectivity index is 1.65. The first-order valence-electron chi connectivity index (χ1n) is 7.32. The maximum absolute atomic E-state index is 12.0. The summed E-state index contributed by atoms with van der Waals surface area (Å²) in [5.74, 6) is -1.36. The van der Waals surface area contributed by atoms with Crippen LogP contribution >= 0.6 is 11.3 Å². The fourth-order valence-corrected chi connectivity index (χ4v) is 3.10. The zero-order valence-corrected chi connectivity index (χ0v) is 13.8. The van der Waals surface area contributed by atoms with E-state index in [1.165, 1.54) is 23.6 Å². The Bertz CT molecular complexity index is 981. The topological polar surface area (TPSA) is 118 Å². The molecule has 3 aromatic rings. The highest BCUT2D eigenvalue weighted by atomic mass is 32.1. The van der Waals surface area contributed by atoms with E-state index >= 15 is 0 Å². The molecule has 0 atom stereocenters. The van der Waals surface area contributed by atoms with Crippen LogP contribution in [0.1, 0.15) is 21.5 Å². The molecule has 0 bridgehead atoms. The minimum atomic E-state index is -1.05. The average Bonchev–Trinajstić information content (AvgIpc) is 2.94. The number of carbonyl (C=O) groups is 2. The van der Waals surface area contributed by atoms with Gasteiger partial charge in [-0.05, 0) is 23.8 Å². The number of fused-ring (bicyclic) bond motifs is 1. The fraction of sp³-hybridized carbons (Fsp3) is 0.0588. The highest BCUT2D eigenvalue weighted by Crippen LogP contribution is 2.24. The van der Waals surface area contributed by atoms with Gasteiger partial charge in [-0.3, -0.25) is 4.79 Å². The molecular formula is C17H14N4O3S. The molecular weight excluding hydrogens is 340 g/mol. The van der Waals surface area contributed by atoms with E-state index in [2.05, 4.69) is 15.5 Å². The fourth-order valence-electron chi connectivity index (χ4n) is 2.30. The van der Waals surface area contributed by atoms with Crippen LogP contribution in [0, 0.1) is 0 Å². The van der Waals surface area contributed by atoms with Crippen LogP contribution in [0.4, 0.5) is 5.13 Å². The van der Waals surface area contributed by atoms with Crippen molar-refractivity contribution in [3.8, 4) is 0 Å². The lowest BCUT2D eigenvalue weighted by atomic mass is 10.1. The van der Waals surface area contributed by atoms with Gasteiger partial charge in [0, 0.05) is 5.56 Å². The smallest absolute Gasteiger partial charge is 0.336 e. The minimum absolute atomic E-state index is 0.119. The number of thiazole rings is 1. The van der Waals surface area contributed by atoms with E-state index in [0.717, 1.165) is 15.8 Å². The molecule has 0 aliphatic rings. The van der Waals surface area contributed by atoms with Gasteiger partial charge in [0.2, 0.25) is 5.91 Å². The molecule has 1 aromatic heterocycles. The number of rotatable bonds is 5. The number of benzene rings is 2. The van der Waals surface area contributed by atoms with E-state index in [9.17, 15) is 9.59 Å². The number of nitrogens with one attached hydrogen (secondary N) is 1. The maximum atomic E-state index is 12.0. The molecule has 0 saturated carbocycles. The van der Waals surface area contributed by atoms with Gasteiger partial charge in [0.05, 0.1) is 28.4 Å². The molecule has 0 saturated heterocycles. The van der Waals surface area contributed by atoms with Crippen LogP contribution in [0.15, 0.2) is 47.6 Å². The van der Waals surface area contributed by atoms with Gasteiger partial charge < -0.3 is 10.8 Å². The average molecular weight is 354 g/mol. The summed E-state index contributed by atoms with van der Waals surface area (Å²) in [5, 5.41) is 13.4. The van der Waals surface area contributed by atoms with Gasteiger partial charge in [0.25, 0.3) is 0 Å². The molecule has 0 aliphatic carbocycles. The zero-order valence-electron chi connectivity index (χ0n) is 13.0. The van der Waals surface area contributed by atoms with E-state index in [1.54, 1.807) is 18.2 Å². The largest absolute Gasteiger partial charge is 0.478 e. The molecule has 0 spiro atoms. The molecule has 0 fully saturated rings. The van der Waals surface area contributed by atoms with Crippen LogP contribution in [0.5, 0.6) is 0 Å². The molecule has 0 unspecified atom stereocenters. The summed E-state index contributed by atoms with van der Waals surface area (Å²) in [6.07, 6.45) is 1.46. The van der Waals surface area contributed by atoms with Crippen molar-refractivity contribution in [3.05, 3.63) is 59.2 Å². The lowest BCUT2D eigenvalue weighted by Crippen LogP contribution is -2.19. The van der Waals surface area contributed by atoms with Crippen molar-refractivity contribution < 1.29 is 14.7 Å². The monoisotopic (exact) mass is 354 g/mol. The van der Waals surface area contributed by atoms with Gasteiger partial charge in [-0.25, -0.2) is 15.2 Å². The lowest BCUT2D eigenvalue weighted by molar-refractivity contribution is -0.120. The van der Waals surface area contributed by atoms with Crippen molar-refractivity contribution >= 4 is 44.8 Å². The van der Waals surface area contributed by atoms with Crippen molar-refractivity contribution in [3.63, 3.8) is 0 Å². The molecule has 7 nitrogen and oxygen atoms in total. The number of aromatic carboxylic acids is 1. The standard InChI is InChI=1S/C17H14N4O3S/c18-17-20-13-6-5-10(7-14(13)25-17)8-15(22)21-19-9-11-3-1-2-4-12(11)16(23)24/h1-7,9H,8H2,(H2,18,20)(H,21,22)(H,23,24)/b19-9-. The summed E-state index contributed by atoms with van der Waals surface area (Å²) >= 11 is 1.36. The Morgan fingerprint density at radius 3 is 2.88 bits per heavy atom. The van der Waals surface area contributed by atoms with Crippen molar-refractivity contribution in [2.24, 2.45) is 5.10 Å². The number of hydrogen-bond acceptors (Lipinski definition) is 6. The van der Waals surface area contributed by atoms with Crippen molar-refractivity contribution in [2.45, 2.75) is 6.42 Å². The van der Waals surface area contributed by atoms with E-state index in [4.69, 9.17) is 10.8 Å². The molecule has 0 radical (unpaired) electrons. The molecule has 2 aromatic carbocycles. The number of hydrogen-bond donors (Lipinski definition) is 3. The van der Waals surface area contributed by atoms with Gasteiger partial charge in [-0.2, -0.15) is 5.10 Å². The zero-order chi connectivity index (χ0) is 17.8. The second-order valence-corrected chi connectivity index (χ2v) is 6.28. The molecule has 4 N–H and O–H groups in total. The number of carboxylic acid groups (broad SMARTS) is 1. The second-order valence-electron chi connectivity index (χ2n) is 5.22. The Morgan fingerprint density at radius 2 is 2.08 bits per heavy atom. The highest BCUT2D eigenvalue weighted by Gasteiger charge is 2.08. The SMILES string of the molecule is Nc1nc2ccc(CC(=O)N/N=C\c3ccccc3C(=O)O)cc2s1. The molecule has 8 heteroatoms. The van der Waals surface area contributed by atoms with Crippen LogP contribution in [-0.2, 0) is 11.2 Å². The van der Waals surface area contributed by atoms with Gasteiger partial charge in [-0.15, -0.1) is 0 Å². The molecule has 0 aliphatic heterocycles. The highest BCUT2D eigenvalue weighted by molar-refractivity contribution is 7.22. The summed E-state index contributed by atoms with van der Waals surface area (Å²) in [7, 11) is 0. The molecule has 126 valence electrons. The number of amides is 1. The van der Waals surface area contributed by atoms with Crippen LogP contribution in [0.25, 0.3) is 10.2 Å². The van der Waals surface area contributed by atoms with Crippen LogP contribution < -0.4 is 11.2 Å². The Hall–Kier alpha value is -3.26. The van der Waals surface area contributed by atoms with Crippen molar-refractivity contribution in [2.75, 3.05) is 5.73 Å². The summed E-state index contributed by atoms with van der Waals surface area (Å²) in [4.78, 5) is 27.3. The van der Waals surface area contributed by atoms with E-state index in [-0.39, 0.29) is 17.9 Å². The number of carboxylic acids is 1. The number of nitrogens with zero attached hydrogens (tertiary/aromatic N) is 2. The third-order valence-electron chi connectivity index (χ3n) is 3.42. The quantitative estimate of drug-likeness (QED) is 0.480. The molecule has 3 rings (SSSR count). The predicted molar refractivity (Wildman–Crippen MR) is 96.9 cm³/mol. The van der Waals surface area contributed by atoms with Gasteiger partial charge in [0.15, 0.2) is 5.13 Å². The Labute approximate surface area is 146 Å². The Kier molecular flexibility index (Phi) is 4.71. The molecule has 25 heavy (non-hydrogen) atoms. The lowest BCUT2D eigenvalue weighted by Gasteiger charge is -2.02. The minimum Gasteiger partial charge on any atom is -0.478 e. The number of hydrazone groups is 1. The van der Waals surface area contributed by atoms with E-state index in [1.807, 2.05) is 18.2 Å². The third kappa shape index (κ3) is 3.99. The molecule has 1 heterocycles. The molecule has 1 amide bonds. The number of nitrogen functional groups attached to an aromatic ring is 1. The Morgan fingerprint density at radius 1 is 1.28 bits per heavy atom. The van der Waals surface area contributed by atoms with Crippen LogP contribution in [0.2, 0.25) is 0 Å². The third-order valence-corrected chi connectivity index (χ3v) is 4.27. The second kappa shape index (κ2) is 7.10. The van der Waals surface area contributed by atoms with Crippen LogP contribution in [-0.4, -0.2) is 28.2 Å². The summed E-state index contributed by atoms with van der Waals surface area (Å²) in [6, 6.07) is 11.9. The van der Waals surface area contributed by atoms with E-state index < -0.39 is 5.97 Å². The van der Waals surface area contributed by atoms with Crippen molar-refractivity contribution in [1.29, 1.82) is 0 Å². The number of anilines is 1. The van der Waals surface area contributed by atoms with Gasteiger partial charge >= 0.3 is 5.97 Å². The number of carbonyl (C=O) groups excluding carboxylic acids is 1. The first-order chi connectivity index (χ1) is 12.0. The summed E-state index contributed by atoms with van der Waals surface area (Å²) < 4.78 is 0.918. The van der Waals surface area contributed by atoms with E-state index in [0.29, 0.717) is 10.7 Å². The predicted octanol–water partition coefficient (Wildman–Crippen LogP) is 2.27. The van der Waals surface area contributed by atoms with Crippen molar-refractivity contribution in [1.82, 2.24) is 10.4 Å². The first-order valence-corrected chi connectivity index (χ1v) is 8.14. The summed E-state index contributed by atoms with van der Waals surface area (Å²) in [6.45, 7) is 0. The first kappa shape index (κ1) is 16.6. The number of nitrogens with two attached hydrogens (primary N) is 1. The van der Waals surface area contributed by atoms with Crippen LogP contribution in [0.3, 0.4) is 0 Å². The number of aromatic nitrogens is 1. The maximum Gasteiger partial charge on any atom is 0.336 e.